The normalized spacial score (nSPS) is 18.1. The molecule has 0 spiro atoms. The first-order valence-corrected chi connectivity index (χ1v) is 8.55. The molecule has 0 saturated carbocycles. The fourth-order valence-electron chi connectivity index (χ4n) is 2.94. The van der Waals surface area contributed by atoms with Crippen molar-refractivity contribution in [3.63, 3.8) is 0 Å². The van der Waals surface area contributed by atoms with Gasteiger partial charge in [-0.1, -0.05) is 18.2 Å². The third-order valence-electron chi connectivity index (χ3n) is 4.02. The lowest BCUT2D eigenvalue weighted by Gasteiger charge is -2.23. The van der Waals surface area contributed by atoms with Gasteiger partial charge in [0, 0.05) is 10.7 Å². The van der Waals surface area contributed by atoms with Gasteiger partial charge in [-0.15, -0.1) is 0 Å². The number of aromatic nitrogens is 3. The third-order valence-corrected chi connectivity index (χ3v) is 4.46. The topological polar surface area (TPSA) is 58.3 Å². The highest BCUT2D eigenvalue weighted by Crippen LogP contribution is 2.20. The number of halogens is 1. The summed E-state index contributed by atoms with van der Waals surface area (Å²) in [6.45, 7) is 2.09. The molecule has 0 amide bonds. The van der Waals surface area contributed by atoms with Crippen molar-refractivity contribution < 1.29 is 9.47 Å². The van der Waals surface area contributed by atoms with E-state index in [-0.39, 0.29) is 11.8 Å². The number of pyridine rings is 1. The van der Waals surface area contributed by atoms with Crippen LogP contribution in [0.3, 0.4) is 0 Å². The van der Waals surface area contributed by atoms with Gasteiger partial charge in [-0.3, -0.25) is 4.57 Å². The van der Waals surface area contributed by atoms with E-state index in [0.717, 1.165) is 15.7 Å². The second-order valence-electron chi connectivity index (χ2n) is 5.63. The van der Waals surface area contributed by atoms with Crippen LogP contribution in [0.4, 0.5) is 0 Å². The molecule has 3 aromatic rings. The summed E-state index contributed by atoms with van der Waals surface area (Å²) in [4.78, 5) is 17.5. The Bertz CT molecular complexity index is 914. The van der Waals surface area contributed by atoms with E-state index in [0.29, 0.717) is 32.0 Å². The van der Waals surface area contributed by atoms with Crippen LogP contribution in [-0.4, -0.2) is 40.0 Å². The summed E-state index contributed by atoms with van der Waals surface area (Å²) in [7, 11) is 0. The summed E-state index contributed by atoms with van der Waals surface area (Å²) in [6.07, 6.45) is 1.57. The number of para-hydroxylation sites is 1. The highest BCUT2D eigenvalue weighted by atomic mass is 79.9. The maximum atomic E-state index is 13.0. The van der Waals surface area contributed by atoms with Gasteiger partial charge in [0.25, 0.3) is 0 Å². The van der Waals surface area contributed by atoms with Crippen LogP contribution in [0, 0.1) is 0 Å². The van der Waals surface area contributed by atoms with Gasteiger partial charge < -0.3 is 9.47 Å². The van der Waals surface area contributed by atoms with Crippen LogP contribution in [0.25, 0.3) is 16.9 Å². The molecule has 4 rings (SSSR count). The Kier molecular flexibility index (Phi) is 4.22. The van der Waals surface area contributed by atoms with Crippen LogP contribution in [0.5, 0.6) is 0 Å². The first-order chi connectivity index (χ1) is 11.7. The molecule has 24 heavy (non-hydrogen) atoms. The van der Waals surface area contributed by atoms with Crippen molar-refractivity contribution >= 4 is 27.1 Å². The van der Waals surface area contributed by atoms with Crippen molar-refractivity contribution in [1.29, 1.82) is 0 Å². The molecule has 124 valence electrons. The molecule has 2 aromatic heterocycles. The van der Waals surface area contributed by atoms with Gasteiger partial charge >= 0.3 is 5.69 Å². The highest BCUT2D eigenvalue weighted by Gasteiger charge is 2.21. The SMILES string of the molecule is O=c1n(CC2COCCO2)c2cc(Br)cnc2n1-c1ccccc1. The Morgan fingerprint density at radius 2 is 2.08 bits per heavy atom. The molecule has 0 N–H and O–H groups in total. The number of hydrogen-bond acceptors (Lipinski definition) is 4. The zero-order valence-electron chi connectivity index (χ0n) is 12.9. The average Bonchev–Trinajstić information content (AvgIpc) is 2.88. The van der Waals surface area contributed by atoms with Crippen molar-refractivity contribution in [3.8, 4) is 5.69 Å². The lowest BCUT2D eigenvalue weighted by atomic mass is 10.3. The summed E-state index contributed by atoms with van der Waals surface area (Å²) in [5.74, 6) is 0. The lowest BCUT2D eigenvalue weighted by Crippen LogP contribution is -2.35. The van der Waals surface area contributed by atoms with E-state index in [1.54, 1.807) is 15.3 Å². The molecule has 7 heteroatoms. The minimum absolute atomic E-state index is 0.129. The second-order valence-corrected chi connectivity index (χ2v) is 6.54. The van der Waals surface area contributed by atoms with Crippen molar-refractivity contribution in [2.75, 3.05) is 19.8 Å². The monoisotopic (exact) mass is 389 g/mol. The maximum Gasteiger partial charge on any atom is 0.335 e. The Hall–Kier alpha value is -1.96. The minimum Gasteiger partial charge on any atom is -0.376 e. The van der Waals surface area contributed by atoms with Gasteiger partial charge in [0.2, 0.25) is 0 Å². The number of fused-ring (bicyclic) bond motifs is 1. The molecule has 1 aliphatic rings. The van der Waals surface area contributed by atoms with Crippen molar-refractivity contribution in [2.24, 2.45) is 0 Å². The molecule has 1 unspecified atom stereocenters. The second kappa shape index (κ2) is 6.51. The van der Waals surface area contributed by atoms with Crippen molar-refractivity contribution in [2.45, 2.75) is 12.6 Å². The number of nitrogens with zero attached hydrogens (tertiary/aromatic N) is 3. The summed E-state index contributed by atoms with van der Waals surface area (Å²) in [5, 5.41) is 0. The summed E-state index contributed by atoms with van der Waals surface area (Å²) < 4.78 is 15.3. The number of hydrogen-bond donors (Lipinski definition) is 0. The van der Waals surface area contributed by atoms with E-state index in [1.165, 1.54) is 0 Å². The first-order valence-electron chi connectivity index (χ1n) is 7.75. The molecule has 1 fully saturated rings. The van der Waals surface area contributed by atoms with E-state index >= 15 is 0 Å². The van der Waals surface area contributed by atoms with Gasteiger partial charge in [0.15, 0.2) is 5.65 Å². The van der Waals surface area contributed by atoms with Crippen LogP contribution in [-0.2, 0) is 16.0 Å². The van der Waals surface area contributed by atoms with Crippen molar-refractivity contribution in [1.82, 2.24) is 14.1 Å². The van der Waals surface area contributed by atoms with Gasteiger partial charge in [-0.05, 0) is 34.1 Å². The molecule has 0 aliphatic carbocycles. The maximum absolute atomic E-state index is 13.0. The standard InChI is InChI=1S/C17H16BrN3O3/c18-12-8-15-16(19-9-12)21(13-4-2-1-3-5-13)17(22)20(15)10-14-11-23-6-7-24-14/h1-5,8-9,14H,6-7,10-11H2. The Balaban J connectivity index is 1.88. The molecule has 1 aliphatic heterocycles. The largest absolute Gasteiger partial charge is 0.376 e. The predicted octanol–water partition coefficient (Wildman–Crippen LogP) is 2.37. The Morgan fingerprint density at radius 3 is 2.83 bits per heavy atom. The van der Waals surface area contributed by atoms with Crippen LogP contribution >= 0.6 is 15.9 Å². The number of rotatable bonds is 3. The molecule has 0 bridgehead atoms. The molecular weight excluding hydrogens is 374 g/mol. The van der Waals surface area contributed by atoms with Gasteiger partial charge in [-0.25, -0.2) is 14.3 Å². The molecular formula is C17H16BrN3O3. The number of imidazole rings is 1. The van der Waals surface area contributed by atoms with E-state index in [2.05, 4.69) is 20.9 Å². The third kappa shape index (κ3) is 2.79. The van der Waals surface area contributed by atoms with Crippen LogP contribution in [0.1, 0.15) is 0 Å². The fourth-order valence-corrected chi connectivity index (χ4v) is 3.26. The summed E-state index contributed by atoms with van der Waals surface area (Å²) in [5.41, 5.74) is 2.07. The van der Waals surface area contributed by atoms with Gasteiger partial charge in [-0.2, -0.15) is 0 Å². The number of ether oxygens (including phenoxy) is 2. The van der Waals surface area contributed by atoms with Crippen LogP contribution in [0.15, 0.2) is 51.9 Å². The van der Waals surface area contributed by atoms with Crippen LogP contribution < -0.4 is 5.69 Å². The Labute approximate surface area is 146 Å². The van der Waals surface area contributed by atoms with Gasteiger partial charge in [0.1, 0.15) is 0 Å². The van der Waals surface area contributed by atoms with E-state index < -0.39 is 0 Å². The zero-order valence-corrected chi connectivity index (χ0v) is 14.5. The molecule has 3 heterocycles. The lowest BCUT2D eigenvalue weighted by molar-refractivity contribution is -0.0935. The summed E-state index contributed by atoms with van der Waals surface area (Å²) in [6, 6.07) is 11.4. The molecule has 1 saturated heterocycles. The average molecular weight is 390 g/mol. The molecule has 1 aromatic carbocycles. The Morgan fingerprint density at radius 1 is 1.25 bits per heavy atom. The number of benzene rings is 1. The van der Waals surface area contributed by atoms with Crippen LogP contribution in [0.2, 0.25) is 0 Å². The fraction of sp³-hybridized carbons (Fsp3) is 0.294. The smallest absolute Gasteiger partial charge is 0.335 e. The van der Waals surface area contributed by atoms with Gasteiger partial charge in [0.05, 0.1) is 43.7 Å². The van der Waals surface area contributed by atoms with E-state index in [9.17, 15) is 4.79 Å². The zero-order chi connectivity index (χ0) is 16.5. The molecule has 1 atom stereocenters. The van der Waals surface area contributed by atoms with Crippen molar-refractivity contribution in [3.05, 3.63) is 57.6 Å². The van der Waals surface area contributed by atoms with E-state index in [4.69, 9.17) is 9.47 Å². The molecule has 6 nitrogen and oxygen atoms in total. The minimum atomic E-state index is -0.134. The first kappa shape index (κ1) is 15.6. The predicted molar refractivity (Wildman–Crippen MR) is 93.6 cm³/mol. The highest BCUT2D eigenvalue weighted by molar-refractivity contribution is 9.10. The molecule has 0 radical (unpaired) electrons. The quantitative estimate of drug-likeness (QED) is 0.689. The van der Waals surface area contributed by atoms with E-state index in [1.807, 2.05) is 36.4 Å². The summed E-state index contributed by atoms with van der Waals surface area (Å²) >= 11 is 3.44.